The summed E-state index contributed by atoms with van der Waals surface area (Å²) < 4.78 is 3.97. The van der Waals surface area contributed by atoms with E-state index in [1.807, 2.05) is 0 Å². The molecule has 0 amide bonds. The summed E-state index contributed by atoms with van der Waals surface area (Å²) in [4.78, 5) is 0. The van der Waals surface area contributed by atoms with Gasteiger partial charge >= 0.3 is 133 Å². The number of hydrogen-bond donors (Lipinski definition) is 1. The molecule has 0 heterocycles. The molecule has 0 aliphatic heterocycles. The molecular formula is C15H24Cl2NSiZr. The molecule has 0 saturated heterocycles. The number of benzene rings is 1. The summed E-state index contributed by atoms with van der Waals surface area (Å²) in [6, 6.07) is 8.89. The second-order valence-electron chi connectivity index (χ2n) is 6.23. The fraction of sp³-hybridized carbons (Fsp3) is 0.467. The van der Waals surface area contributed by atoms with Crippen LogP contribution in [0.5, 0.6) is 0 Å². The van der Waals surface area contributed by atoms with Gasteiger partial charge in [-0.3, -0.25) is 0 Å². The van der Waals surface area contributed by atoms with E-state index in [0.717, 1.165) is 6.42 Å². The van der Waals surface area contributed by atoms with Gasteiger partial charge in [0.15, 0.2) is 0 Å². The maximum atomic E-state index is 7.31. The SMILES string of the molecule is CCC(C)[NH][Zr]([Cl])([Cl])([CH]1C=Cc2ccccc21)[SiH](C)C. The minimum absolute atomic E-state index is 0.219. The molecule has 2 unspecified atom stereocenters. The summed E-state index contributed by atoms with van der Waals surface area (Å²) >= 11 is -4.01. The second-order valence-corrected chi connectivity index (χ2v) is 47.2. The van der Waals surface area contributed by atoms with Gasteiger partial charge in [0, 0.05) is 0 Å². The van der Waals surface area contributed by atoms with Crippen molar-refractivity contribution in [3.05, 3.63) is 41.5 Å². The summed E-state index contributed by atoms with van der Waals surface area (Å²) in [7, 11) is 14.6. The van der Waals surface area contributed by atoms with Crippen molar-refractivity contribution in [3.63, 3.8) is 0 Å². The van der Waals surface area contributed by atoms with Crippen LogP contribution in [0.3, 0.4) is 0 Å². The van der Waals surface area contributed by atoms with Crippen molar-refractivity contribution in [1.82, 2.24) is 3.26 Å². The number of rotatable bonds is 5. The van der Waals surface area contributed by atoms with Gasteiger partial charge in [-0.15, -0.1) is 0 Å². The van der Waals surface area contributed by atoms with Crippen LogP contribution in [0.2, 0.25) is 13.1 Å². The van der Waals surface area contributed by atoms with E-state index in [-0.39, 0.29) is 3.63 Å². The molecule has 0 radical (unpaired) electrons. The van der Waals surface area contributed by atoms with Crippen LogP contribution >= 0.6 is 17.0 Å². The fourth-order valence-electron chi connectivity index (χ4n) is 2.90. The molecule has 1 nitrogen and oxygen atoms in total. The zero-order valence-electron chi connectivity index (χ0n) is 12.7. The van der Waals surface area contributed by atoms with Crippen molar-refractivity contribution in [3.8, 4) is 0 Å². The minimum atomic E-state index is -4.01. The first-order chi connectivity index (χ1) is 9.28. The number of fused-ring (bicyclic) bond motifs is 1. The van der Waals surface area contributed by atoms with E-state index in [1.165, 1.54) is 11.1 Å². The van der Waals surface area contributed by atoms with Crippen LogP contribution in [0.1, 0.15) is 35.0 Å². The summed E-state index contributed by atoms with van der Waals surface area (Å²) in [5, 5.41) is 0. The normalized spacial score (nSPS) is 21.6. The monoisotopic (exact) mass is 406 g/mol. The van der Waals surface area contributed by atoms with E-state index in [1.54, 1.807) is 0 Å². The molecule has 0 aromatic heterocycles. The van der Waals surface area contributed by atoms with Crippen molar-refractivity contribution in [2.24, 2.45) is 0 Å². The van der Waals surface area contributed by atoms with E-state index in [4.69, 9.17) is 17.0 Å². The molecule has 0 bridgehead atoms. The first-order valence-corrected chi connectivity index (χ1v) is 23.5. The van der Waals surface area contributed by atoms with Gasteiger partial charge in [0.25, 0.3) is 0 Å². The van der Waals surface area contributed by atoms with Gasteiger partial charge in [-0.25, -0.2) is 0 Å². The summed E-state index contributed by atoms with van der Waals surface area (Å²) in [6.07, 6.45) is 5.49. The first kappa shape index (κ1) is 17.0. The average molecular weight is 409 g/mol. The van der Waals surface area contributed by atoms with Crippen molar-refractivity contribution < 1.29 is 15.8 Å². The van der Waals surface area contributed by atoms with Crippen LogP contribution in [0.25, 0.3) is 6.08 Å². The number of halogens is 2. The van der Waals surface area contributed by atoms with Crippen molar-refractivity contribution in [2.45, 2.75) is 43.0 Å². The zero-order chi connectivity index (χ0) is 15.0. The Bertz CT molecular complexity index is 530. The Hall–Kier alpha value is 0.600. The predicted octanol–water partition coefficient (Wildman–Crippen LogP) is 5.04. The van der Waals surface area contributed by atoms with Crippen molar-refractivity contribution >= 4 is 29.0 Å². The second kappa shape index (κ2) is 6.01. The van der Waals surface area contributed by atoms with Gasteiger partial charge < -0.3 is 0 Å². The van der Waals surface area contributed by atoms with E-state index in [2.05, 4.69) is 66.6 Å². The number of hydrogen-bond acceptors (Lipinski definition) is 1. The molecule has 111 valence electrons. The predicted molar refractivity (Wildman–Crippen MR) is 91.7 cm³/mol. The van der Waals surface area contributed by atoms with Crippen molar-refractivity contribution in [2.75, 3.05) is 0 Å². The molecule has 1 aliphatic rings. The van der Waals surface area contributed by atoms with Crippen LogP contribution in [-0.4, -0.2) is 12.0 Å². The summed E-state index contributed by atoms with van der Waals surface area (Å²) in [5.74, 6) is -1.22. The Morgan fingerprint density at radius 1 is 1.30 bits per heavy atom. The first-order valence-electron chi connectivity index (χ1n) is 7.41. The molecule has 0 spiro atoms. The molecule has 5 heteroatoms. The van der Waals surface area contributed by atoms with Crippen LogP contribution in [-0.2, 0) is 15.8 Å². The molecule has 0 fully saturated rings. The maximum absolute atomic E-state index is 7.31. The molecular weight excluding hydrogens is 384 g/mol. The standard InChI is InChI=1S/C9H7.C4H10N.C2H7Si.2ClH.Zr/c1-2-5-9-7-3-6-8(9)4-1;1-3-4(2)5;1-3-2;;;/h1-7H;4-5H,3H2,1-2H3;3H,1-2H3;2*1H;/q;-1;;;;+3/p-2. The molecule has 1 aliphatic carbocycles. The zero-order valence-corrected chi connectivity index (χ0v) is 17.8. The topological polar surface area (TPSA) is 12.0 Å². The van der Waals surface area contributed by atoms with Gasteiger partial charge in [0.05, 0.1) is 0 Å². The molecule has 0 saturated carbocycles. The summed E-state index contributed by atoms with van der Waals surface area (Å²) in [6.45, 7) is 8.98. The Balaban J connectivity index is 2.48. The molecule has 1 aromatic rings. The van der Waals surface area contributed by atoms with E-state index >= 15 is 0 Å². The fourth-order valence-corrected chi connectivity index (χ4v) is 26.0. The molecule has 2 atom stereocenters. The molecule has 20 heavy (non-hydrogen) atoms. The van der Waals surface area contributed by atoms with E-state index < -0.39 is 21.8 Å². The van der Waals surface area contributed by atoms with Crippen molar-refractivity contribution in [1.29, 1.82) is 0 Å². The van der Waals surface area contributed by atoms with E-state index in [9.17, 15) is 0 Å². The Kier molecular flexibility index (Phi) is 5.09. The molecule has 1 aromatic carbocycles. The van der Waals surface area contributed by atoms with Crippen LogP contribution in [0, 0.1) is 0 Å². The quantitative estimate of drug-likeness (QED) is 0.673. The Labute approximate surface area is 131 Å². The van der Waals surface area contributed by atoms with Crippen LogP contribution in [0.4, 0.5) is 0 Å². The molecule has 2 rings (SSSR count). The van der Waals surface area contributed by atoms with Gasteiger partial charge in [-0.2, -0.15) is 0 Å². The summed E-state index contributed by atoms with van der Waals surface area (Å²) in [5.41, 5.74) is 2.60. The Morgan fingerprint density at radius 3 is 2.55 bits per heavy atom. The van der Waals surface area contributed by atoms with Gasteiger partial charge in [0.1, 0.15) is 0 Å². The van der Waals surface area contributed by atoms with Gasteiger partial charge in [-0.05, 0) is 0 Å². The number of allylic oxidation sites excluding steroid dienone is 1. The third kappa shape index (κ3) is 2.90. The van der Waals surface area contributed by atoms with Gasteiger partial charge in [0.2, 0.25) is 0 Å². The average Bonchev–Trinajstić information content (AvgIpc) is 2.83. The third-order valence-electron chi connectivity index (χ3n) is 4.56. The van der Waals surface area contributed by atoms with E-state index in [0.29, 0.717) is 6.04 Å². The number of nitrogens with one attached hydrogen (secondary N) is 1. The van der Waals surface area contributed by atoms with Crippen LogP contribution in [0.15, 0.2) is 30.3 Å². The molecule has 1 N–H and O–H groups in total. The Morgan fingerprint density at radius 2 is 1.95 bits per heavy atom. The third-order valence-corrected chi connectivity index (χ3v) is 51.6. The van der Waals surface area contributed by atoms with Crippen LogP contribution < -0.4 is 3.26 Å². The van der Waals surface area contributed by atoms with Gasteiger partial charge in [-0.1, -0.05) is 0 Å².